The van der Waals surface area contributed by atoms with Gasteiger partial charge in [-0.25, -0.2) is 9.78 Å². The van der Waals surface area contributed by atoms with E-state index >= 15 is 0 Å². The molecule has 4 rings (SSSR count). The summed E-state index contributed by atoms with van der Waals surface area (Å²) in [5, 5.41) is 15.7. The Bertz CT molecular complexity index is 1250. The van der Waals surface area contributed by atoms with Crippen molar-refractivity contribution in [2.45, 2.75) is 25.3 Å². The first-order chi connectivity index (χ1) is 17.8. The van der Waals surface area contributed by atoms with E-state index in [0.29, 0.717) is 25.1 Å². The van der Waals surface area contributed by atoms with E-state index in [9.17, 15) is 19.5 Å². The van der Waals surface area contributed by atoms with Gasteiger partial charge in [0.2, 0.25) is 5.91 Å². The van der Waals surface area contributed by atoms with Crippen molar-refractivity contribution in [2.75, 3.05) is 23.3 Å². The van der Waals surface area contributed by atoms with Crippen molar-refractivity contribution in [1.29, 1.82) is 0 Å². The van der Waals surface area contributed by atoms with Crippen LogP contribution in [0.4, 0.5) is 11.5 Å². The topological polar surface area (TPSA) is 112 Å². The number of nitrogens with one attached hydrogen (secondary N) is 2. The van der Waals surface area contributed by atoms with Gasteiger partial charge in [0.25, 0.3) is 5.91 Å². The number of aromatic nitrogens is 1. The Morgan fingerprint density at radius 1 is 1.05 bits per heavy atom. The quantitative estimate of drug-likeness (QED) is 0.344. The number of carboxylic acid groups (broad SMARTS) is 1. The van der Waals surface area contributed by atoms with E-state index in [2.05, 4.69) is 15.6 Å². The lowest BCUT2D eigenvalue weighted by molar-refractivity contribution is -0.139. The highest BCUT2D eigenvalue weighted by Crippen LogP contribution is 2.28. The fraction of sp³-hybridized carbons (Fsp3) is 0.259. The summed E-state index contributed by atoms with van der Waals surface area (Å²) in [4.78, 5) is 43.4. The number of hydrogen-bond donors (Lipinski definition) is 3. The fourth-order valence-corrected chi connectivity index (χ4v) is 4.87. The van der Waals surface area contributed by atoms with Gasteiger partial charge in [-0.3, -0.25) is 9.59 Å². The molecule has 0 saturated carbocycles. The van der Waals surface area contributed by atoms with Crippen LogP contribution in [0.25, 0.3) is 0 Å². The van der Waals surface area contributed by atoms with Crippen molar-refractivity contribution in [1.82, 2.24) is 10.3 Å². The third kappa shape index (κ3) is 6.58. The maximum atomic E-state index is 12.9. The molecule has 10 heteroatoms. The number of halogens is 2. The zero-order valence-corrected chi connectivity index (χ0v) is 21.4. The molecule has 0 spiro atoms. The zero-order chi connectivity index (χ0) is 26.4. The Labute approximate surface area is 224 Å². The summed E-state index contributed by atoms with van der Waals surface area (Å²) in [5.74, 6) is -1.06. The van der Waals surface area contributed by atoms with E-state index in [4.69, 9.17) is 23.2 Å². The molecule has 3 N–H and O–H groups in total. The van der Waals surface area contributed by atoms with Gasteiger partial charge in [-0.2, -0.15) is 0 Å². The Morgan fingerprint density at radius 2 is 1.78 bits per heavy atom. The lowest BCUT2D eigenvalue weighted by atomic mass is 10.0. The summed E-state index contributed by atoms with van der Waals surface area (Å²) in [6, 6.07) is 16.2. The third-order valence-corrected chi connectivity index (χ3v) is 6.89. The van der Waals surface area contributed by atoms with Gasteiger partial charge in [-0.05, 0) is 54.8 Å². The van der Waals surface area contributed by atoms with Crippen molar-refractivity contribution in [3.63, 3.8) is 0 Å². The highest BCUT2D eigenvalue weighted by atomic mass is 35.5. The number of carboxylic acids is 1. The number of aliphatic carboxylic acids is 1. The van der Waals surface area contributed by atoms with Gasteiger partial charge in [0.05, 0.1) is 15.6 Å². The summed E-state index contributed by atoms with van der Waals surface area (Å²) in [6.45, 7) is 1.28. The first-order valence-electron chi connectivity index (χ1n) is 11.9. The maximum absolute atomic E-state index is 12.9. The average molecular weight is 541 g/mol. The third-order valence-electron chi connectivity index (χ3n) is 6.26. The van der Waals surface area contributed by atoms with Gasteiger partial charge >= 0.3 is 5.97 Å². The molecule has 0 aliphatic carbocycles. The molecule has 8 nitrogen and oxygen atoms in total. The van der Waals surface area contributed by atoms with Crippen LogP contribution in [0.5, 0.6) is 0 Å². The lowest BCUT2D eigenvalue weighted by Crippen LogP contribution is -2.42. The molecular formula is C27H26Cl2N4O4. The minimum atomic E-state index is -1.19. The number of nitrogens with zero attached hydrogens (tertiary/aromatic N) is 2. The van der Waals surface area contributed by atoms with Crippen molar-refractivity contribution in [2.24, 2.45) is 5.92 Å². The first-order valence-corrected chi connectivity index (χ1v) is 12.6. The summed E-state index contributed by atoms with van der Waals surface area (Å²) in [6.07, 6.45) is 3.25. The highest BCUT2D eigenvalue weighted by Gasteiger charge is 2.32. The molecule has 1 aromatic heterocycles. The average Bonchev–Trinajstić information content (AvgIpc) is 3.24. The predicted octanol–water partition coefficient (Wildman–Crippen LogP) is 4.67. The molecule has 1 saturated heterocycles. The normalized spacial score (nSPS) is 15.9. The van der Waals surface area contributed by atoms with Crippen LogP contribution in [0.15, 0.2) is 66.9 Å². The van der Waals surface area contributed by atoms with Gasteiger partial charge in [0.1, 0.15) is 11.9 Å². The number of rotatable bonds is 10. The monoisotopic (exact) mass is 540 g/mol. The molecule has 2 aromatic carbocycles. The Hall–Kier alpha value is -3.62. The van der Waals surface area contributed by atoms with E-state index in [1.165, 1.54) is 12.1 Å². The minimum Gasteiger partial charge on any atom is -0.480 e. The van der Waals surface area contributed by atoms with Gasteiger partial charge in [-0.1, -0.05) is 47.5 Å². The van der Waals surface area contributed by atoms with E-state index in [-0.39, 0.29) is 33.9 Å². The standard InChI is InChI=1S/C27H26Cl2N4O4/c28-20-4-3-5-21(29)24(20)25(34)32-22(27(36)37)16-17-7-9-19(10-8-17)33-15-12-18(26(33)35)11-14-31-23-6-1-2-13-30-23/h1-10,13,18,22H,11-12,14-16H2,(H,30,31)(H,32,34)(H,36,37)/t18-,22+/m1/s1. The van der Waals surface area contributed by atoms with E-state index < -0.39 is 17.9 Å². The Kier molecular flexibility index (Phi) is 8.63. The minimum absolute atomic E-state index is 0.0322. The largest absolute Gasteiger partial charge is 0.480 e. The van der Waals surface area contributed by atoms with Crippen LogP contribution in [-0.4, -0.2) is 47.0 Å². The van der Waals surface area contributed by atoms with Crippen molar-refractivity contribution >= 4 is 52.5 Å². The van der Waals surface area contributed by atoms with E-state index in [1.807, 2.05) is 18.2 Å². The van der Waals surface area contributed by atoms with Crippen LogP contribution in [-0.2, 0) is 16.0 Å². The highest BCUT2D eigenvalue weighted by molar-refractivity contribution is 6.39. The number of anilines is 2. The van der Waals surface area contributed by atoms with E-state index in [1.54, 1.807) is 41.4 Å². The molecule has 3 aromatic rings. The molecular weight excluding hydrogens is 515 g/mol. The second-order valence-electron chi connectivity index (χ2n) is 8.74. The summed E-state index contributed by atoms with van der Waals surface area (Å²) >= 11 is 12.1. The van der Waals surface area contributed by atoms with Crippen LogP contribution < -0.4 is 15.5 Å². The molecule has 192 valence electrons. The van der Waals surface area contributed by atoms with Crippen LogP contribution in [0.2, 0.25) is 10.0 Å². The molecule has 2 amide bonds. The smallest absolute Gasteiger partial charge is 0.326 e. The molecule has 0 bridgehead atoms. The van der Waals surface area contributed by atoms with Crippen LogP contribution in [0.3, 0.4) is 0 Å². The number of hydrogen-bond acceptors (Lipinski definition) is 5. The van der Waals surface area contributed by atoms with Crippen LogP contribution in [0, 0.1) is 5.92 Å². The fourth-order valence-electron chi connectivity index (χ4n) is 4.30. The summed E-state index contributed by atoms with van der Waals surface area (Å²) < 4.78 is 0. The molecule has 2 heterocycles. The van der Waals surface area contributed by atoms with Crippen LogP contribution >= 0.6 is 23.2 Å². The van der Waals surface area contributed by atoms with Crippen molar-refractivity contribution in [3.8, 4) is 0 Å². The summed E-state index contributed by atoms with van der Waals surface area (Å²) in [7, 11) is 0. The molecule has 1 aliphatic heterocycles. The molecule has 1 fully saturated rings. The Balaban J connectivity index is 1.34. The van der Waals surface area contributed by atoms with Gasteiger partial charge < -0.3 is 20.6 Å². The van der Waals surface area contributed by atoms with Gasteiger partial charge in [-0.15, -0.1) is 0 Å². The molecule has 1 aliphatic rings. The number of carbonyl (C=O) groups is 3. The molecule has 0 unspecified atom stereocenters. The van der Waals surface area contributed by atoms with Crippen molar-refractivity contribution in [3.05, 3.63) is 88.0 Å². The Morgan fingerprint density at radius 3 is 2.43 bits per heavy atom. The van der Waals surface area contributed by atoms with Crippen LogP contribution in [0.1, 0.15) is 28.8 Å². The first kappa shape index (κ1) is 26.4. The lowest BCUT2D eigenvalue weighted by Gasteiger charge is -2.19. The number of amides is 2. The van der Waals surface area contributed by atoms with Gasteiger partial charge in [0, 0.05) is 37.3 Å². The van der Waals surface area contributed by atoms with Gasteiger partial charge in [0.15, 0.2) is 0 Å². The second-order valence-corrected chi connectivity index (χ2v) is 9.55. The predicted molar refractivity (Wildman–Crippen MR) is 143 cm³/mol. The molecule has 2 atom stereocenters. The maximum Gasteiger partial charge on any atom is 0.326 e. The van der Waals surface area contributed by atoms with Crippen molar-refractivity contribution < 1.29 is 19.5 Å². The molecule has 0 radical (unpaired) electrons. The second kappa shape index (κ2) is 12.1. The summed E-state index contributed by atoms with van der Waals surface area (Å²) in [5.41, 5.74) is 1.49. The number of pyridine rings is 1. The number of carbonyl (C=O) groups excluding carboxylic acids is 2. The van der Waals surface area contributed by atoms with E-state index in [0.717, 1.165) is 17.9 Å². The zero-order valence-electron chi connectivity index (χ0n) is 19.9. The SMILES string of the molecule is O=C(N[C@@H](Cc1ccc(N2CC[C@@H](CCNc3ccccn3)C2=O)cc1)C(=O)O)c1c(Cl)cccc1Cl. The number of benzene rings is 2. The molecule has 37 heavy (non-hydrogen) atoms.